The predicted octanol–water partition coefficient (Wildman–Crippen LogP) is 4.02. The molecule has 0 aliphatic rings. The van der Waals surface area contributed by atoms with Gasteiger partial charge in [0.25, 0.3) is 0 Å². The molecule has 0 spiro atoms. The third-order valence-corrected chi connectivity index (χ3v) is 2.66. The van der Waals surface area contributed by atoms with Crippen LogP contribution in [0.25, 0.3) is 0 Å². The van der Waals surface area contributed by atoms with Gasteiger partial charge in [0.15, 0.2) is 5.78 Å². The molecule has 0 atom stereocenters. The third kappa shape index (κ3) is 2.85. The fourth-order valence-electron chi connectivity index (χ4n) is 1.25. The molecule has 0 heterocycles. The quantitative estimate of drug-likeness (QED) is 0.686. The van der Waals surface area contributed by atoms with E-state index in [1.54, 1.807) is 6.07 Å². The van der Waals surface area contributed by atoms with Crippen molar-refractivity contribution in [3.05, 3.63) is 34.3 Å². The zero-order valence-corrected chi connectivity index (χ0v) is 9.40. The second kappa shape index (κ2) is 5.16. The summed E-state index contributed by atoms with van der Waals surface area (Å²) in [4.78, 5) is 11.6. The number of aryl methyl sites for hydroxylation is 1. The van der Waals surface area contributed by atoms with Crippen LogP contribution in [0.2, 0.25) is 5.02 Å². The van der Waals surface area contributed by atoms with Gasteiger partial charge in [0.1, 0.15) is 0 Å². The number of ketones is 1. The second-order valence-electron chi connectivity index (χ2n) is 3.49. The average Bonchev–Trinajstić information content (AvgIpc) is 2.18. The number of hydrogen-bond acceptors (Lipinski definition) is 1. The van der Waals surface area contributed by atoms with E-state index in [1.165, 1.54) is 0 Å². The van der Waals surface area contributed by atoms with Gasteiger partial charge in [0, 0.05) is 17.0 Å². The Balaban J connectivity index is 2.76. The summed E-state index contributed by atoms with van der Waals surface area (Å²) in [7, 11) is 0. The van der Waals surface area contributed by atoms with Crippen LogP contribution in [0, 0.1) is 6.92 Å². The van der Waals surface area contributed by atoms with Gasteiger partial charge in [-0.2, -0.15) is 0 Å². The van der Waals surface area contributed by atoms with Gasteiger partial charge in [-0.1, -0.05) is 37.1 Å². The Hall–Kier alpha value is -0.820. The molecule has 0 saturated heterocycles. The lowest BCUT2D eigenvalue weighted by molar-refractivity contribution is 0.0980. The van der Waals surface area contributed by atoms with Crippen LogP contribution < -0.4 is 0 Å². The largest absolute Gasteiger partial charge is 0.294 e. The Morgan fingerprint density at radius 1 is 1.43 bits per heavy atom. The van der Waals surface area contributed by atoms with Crippen LogP contribution in [0.15, 0.2) is 18.2 Å². The summed E-state index contributed by atoms with van der Waals surface area (Å²) in [5.41, 5.74) is 1.74. The molecule has 0 aliphatic heterocycles. The van der Waals surface area contributed by atoms with E-state index < -0.39 is 0 Å². The van der Waals surface area contributed by atoms with Crippen LogP contribution in [-0.4, -0.2) is 5.78 Å². The zero-order chi connectivity index (χ0) is 10.6. The van der Waals surface area contributed by atoms with Crippen LogP contribution in [0.5, 0.6) is 0 Å². The number of rotatable bonds is 4. The molecule has 0 amide bonds. The Kier molecular flexibility index (Phi) is 4.15. The number of benzene rings is 1. The van der Waals surface area contributed by atoms with Crippen molar-refractivity contribution in [3.8, 4) is 0 Å². The van der Waals surface area contributed by atoms with Crippen LogP contribution in [0.4, 0.5) is 0 Å². The SMILES string of the molecule is CCCCC(=O)c1ccc(C)c(Cl)c1. The molecule has 1 aromatic rings. The monoisotopic (exact) mass is 210 g/mol. The van der Waals surface area contributed by atoms with E-state index in [2.05, 4.69) is 6.92 Å². The van der Waals surface area contributed by atoms with Gasteiger partial charge in [0.2, 0.25) is 0 Å². The minimum absolute atomic E-state index is 0.189. The van der Waals surface area contributed by atoms with Gasteiger partial charge in [-0.25, -0.2) is 0 Å². The summed E-state index contributed by atoms with van der Waals surface area (Å²) < 4.78 is 0. The van der Waals surface area contributed by atoms with Crippen molar-refractivity contribution in [1.82, 2.24) is 0 Å². The van der Waals surface area contributed by atoms with Crippen molar-refractivity contribution < 1.29 is 4.79 Å². The van der Waals surface area contributed by atoms with E-state index in [0.717, 1.165) is 24.0 Å². The summed E-state index contributed by atoms with van der Waals surface area (Å²) >= 11 is 5.94. The van der Waals surface area contributed by atoms with E-state index in [9.17, 15) is 4.79 Å². The first-order chi connectivity index (χ1) is 6.65. The summed E-state index contributed by atoms with van der Waals surface area (Å²) in [6, 6.07) is 5.50. The normalized spacial score (nSPS) is 10.2. The molecule has 0 N–H and O–H groups in total. The first-order valence-corrected chi connectivity index (χ1v) is 5.32. The molecule has 0 radical (unpaired) electrons. The maximum atomic E-state index is 11.6. The van der Waals surface area contributed by atoms with Gasteiger partial charge in [-0.3, -0.25) is 4.79 Å². The van der Waals surface area contributed by atoms with E-state index >= 15 is 0 Å². The molecule has 0 aromatic heterocycles. The Morgan fingerprint density at radius 3 is 2.71 bits per heavy atom. The first kappa shape index (κ1) is 11.3. The van der Waals surface area contributed by atoms with Gasteiger partial charge in [-0.15, -0.1) is 0 Å². The number of Topliss-reactive ketones (excluding diaryl/α,β-unsaturated/α-hetero) is 1. The predicted molar refractivity (Wildman–Crippen MR) is 60.0 cm³/mol. The van der Waals surface area contributed by atoms with E-state index in [1.807, 2.05) is 19.1 Å². The highest BCUT2D eigenvalue weighted by atomic mass is 35.5. The van der Waals surface area contributed by atoms with Crippen molar-refractivity contribution in [2.24, 2.45) is 0 Å². The molecule has 0 saturated carbocycles. The highest BCUT2D eigenvalue weighted by Gasteiger charge is 2.06. The lowest BCUT2D eigenvalue weighted by Gasteiger charge is -2.02. The van der Waals surface area contributed by atoms with Gasteiger partial charge in [-0.05, 0) is 25.0 Å². The topological polar surface area (TPSA) is 17.1 Å². The molecule has 1 aromatic carbocycles. The summed E-state index contributed by atoms with van der Waals surface area (Å²) in [5.74, 6) is 0.189. The number of carbonyl (C=O) groups is 1. The van der Waals surface area contributed by atoms with Crippen LogP contribution in [0.1, 0.15) is 42.1 Å². The Bertz CT molecular complexity index is 331. The zero-order valence-electron chi connectivity index (χ0n) is 8.64. The minimum atomic E-state index is 0.189. The molecular formula is C12H15ClO. The molecule has 14 heavy (non-hydrogen) atoms. The van der Waals surface area contributed by atoms with Crippen molar-refractivity contribution in [3.63, 3.8) is 0 Å². The lowest BCUT2D eigenvalue weighted by Crippen LogP contribution is -1.98. The highest BCUT2D eigenvalue weighted by Crippen LogP contribution is 2.18. The molecule has 2 heteroatoms. The fourth-order valence-corrected chi connectivity index (χ4v) is 1.43. The lowest BCUT2D eigenvalue weighted by atomic mass is 10.0. The smallest absolute Gasteiger partial charge is 0.162 e. The maximum Gasteiger partial charge on any atom is 0.162 e. The van der Waals surface area contributed by atoms with Gasteiger partial charge < -0.3 is 0 Å². The third-order valence-electron chi connectivity index (χ3n) is 2.25. The molecule has 76 valence electrons. The maximum absolute atomic E-state index is 11.6. The number of carbonyl (C=O) groups excluding carboxylic acids is 1. The molecule has 1 rings (SSSR count). The number of hydrogen-bond donors (Lipinski definition) is 0. The van der Waals surface area contributed by atoms with Crippen molar-refractivity contribution in [1.29, 1.82) is 0 Å². The molecule has 0 aliphatic carbocycles. The fraction of sp³-hybridized carbons (Fsp3) is 0.417. The molecule has 1 nitrogen and oxygen atoms in total. The van der Waals surface area contributed by atoms with E-state index in [-0.39, 0.29) is 5.78 Å². The van der Waals surface area contributed by atoms with Crippen LogP contribution in [-0.2, 0) is 0 Å². The standard InChI is InChI=1S/C12H15ClO/c1-3-4-5-12(14)10-7-6-9(2)11(13)8-10/h6-8H,3-5H2,1-2H3. The van der Waals surface area contributed by atoms with Gasteiger partial charge in [0.05, 0.1) is 0 Å². The van der Waals surface area contributed by atoms with E-state index in [0.29, 0.717) is 11.4 Å². The Labute approximate surface area is 90.1 Å². The van der Waals surface area contributed by atoms with Crippen molar-refractivity contribution >= 4 is 17.4 Å². The number of halogens is 1. The van der Waals surface area contributed by atoms with Crippen molar-refractivity contribution in [2.75, 3.05) is 0 Å². The molecular weight excluding hydrogens is 196 g/mol. The highest BCUT2D eigenvalue weighted by molar-refractivity contribution is 6.31. The van der Waals surface area contributed by atoms with Crippen molar-refractivity contribution in [2.45, 2.75) is 33.1 Å². The first-order valence-electron chi connectivity index (χ1n) is 4.94. The molecule has 0 bridgehead atoms. The average molecular weight is 211 g/mol. The van der Waals surface area contributed by atoms with Gasteiger partial charge >= 0.3 is 0 Å². The van der Waals surface area contributed by atoms with Crippen LogP contribution in [0.3, 0.4) is 0 Å². The molecule has 0 fully saturated rings. The second-order valence-corrected chi connectivity index (χ2v) is 3.90. The molecule has 0 unspecified atom stereocenters. The summed E-state index contributed by atoms with van der Waals surface area (Å²) in [5, 5.41) is 0.673. The minimum Gasteiger partial charge on any atom is -0.294 e. The summed E-state index contributed by atoms with van der Waals surface area (Å²) in [6.07, 6.45) is 2.62. The Morgan fingerprint density at radius 2 is 2.14 bits per heavy atom. The van der Waals surface area contributed by atoms with E-state index in [4.69, 9.17) is 11.6 Å². The summed E-state index contributed by atoms with van der Waals surface area (Å²) in [6.45, 7) is 4.01. The number of unbranched alkanes of at least 4 members (excludes halogenated alkanes) is 1. The van der Waals surface area contributed by atoms with Crippen LogP contribution >= 0.6 is 11.6 Å².